The Balaban J connectivity index is 3.20. The third-order valence-electron chi connectivity index (χ3n) is 7.51. The predicted molar refractivity (Wildman–Crippen MR) is 161 cm³/mol. The van der Waals surface area contributed by atoms with Crippen LogP contribution < -0.4 is 11.5 Å². The van der Waals surface area contributed by atoms with Crippen molar-refractivity contribution in [2.24, 2.45) is 29.2 Å². The summed E-state index contributed by atoms with van der Waals surface area (Å²) in [5.74, 6) is -1.04. The SMILES string of the molecule is CCCCC/C=C/C(C)=C/[C@@H]1C[C@H](C)C/C=C/CC[C@H](O)[C@@H](OC(N)=O)CC[C@H](C)C[C@@H](OC(N)=O)[C@@H](C)C(=O)O1. The number of primary amides is 2. The summed E-state index contributed by atoms with van der Waals surface area (Å²) in [5, 5.41) is 10.7. The van der Waals surface area contributed by atoms with E-state index in [9.17, 15) is 19.5 Å². The number of hydrogen-bond acceptors (Lipinski definition) is 7. The van der Waals surface area contributed by atoms with Crippen molar-refractivity contribution in [2.75, 3.05) is 0 Å². The van der Waals surface area contributed by atoms with Crippen molar-refractivity contribution in [1.29, 1.82) is 0 Å². The van der Waals surface area contributed by atoms with Gasteiger partial charge in [-0.15, -0.1) is 0 Å². The molecule has 0 aromatic carbocycles. The van der Waals surface area contributed by atoms with Crippen LogP contribution in [0.1, 0.15) is 105 Å². The molecular formula is C32H54N2O7. The lowest BCUT2D eigenvalue weighted by Crippen LogP contribution is -2.37. The van der Waals surface area contributed by atoms with Crippen molar-refractivity contribution in [1.82, 2.24) is 0 Å². The topological polar surface area (TPSA) is 151 Å². The highest BCUT2D eigenvalue weighted by Crippen LogP contribution is 2.26. The van der Waals surface area contributed by atoms with Crippen molar-refractivity contribution in [2.45, 2.75) is 130 Å². The van der Waals surface area contributed by atoms with Gasteiger partial charge in [-0.3, -0.25) is 4.79 Å². The molecule has 0 fully saturated rings. The molecule has 41 heavy (non-hydrogen) atoms. The second kappa shape index (κ2) is 20.1. The van der Waals surface area contributed by atoms with Gasteiger partial charge in [0.25, 0.3) is 0 Å². The minimum Gasteiger partial charge on any atom is -0.458 e. The minimum atomic E-state index is -0.963. The Morgan fingerprint density at radius 2 is 1.68 bits per heavy atom. The van der Waals surface area contributed by atoms with E-state index in [1.54, 1.807) is 6.92 Å². The van der Waals surface area contributed by atoms with Gasteiger partial charge in [-0.25, -0.2) is 9.59 Å². The average Bonchev–Trinajstić information content (AvgIpc) is 2.88. The van der Waals surface area contributed by atoms with Gasteiger partial charge in [-0.1, -0.05) is 63.5 Å². The van der Waals surface area contributed by atoms with Crippen molar-refractivity contribution in [3.8, 4) is 0 Å². The molecule has 0 saturated heterocycles. The summed E-state index contributed by atoms with van der Waals surface area (Å²) in [4.78, 5) is 36.5. The van der Waals surface area contributed by atoms with Crippen LogP contribution in [0.2, 0.25) is 0 Å². The summed E-state index contributed by atoms with van der Waals surface area (Å²) >= 11 is 0. The largest absolute Gasteiger partial charge is 0.458 e. The van der Waals surface area contributed by atoms with Gasteiger partial charge in [0.1, 0.15) is 18.3 Å². The second-order valence-corrected chi connectivity index (χ2v) is 11.6. The monoisotopic (exact) mass is 578 g/mol. The molecule has 1 rings (SSSR count). The number of carbonyl (C=O) groups is 3. The minimum absolute atomic E-state index is 0.0460. The van der Waals surface area contributed by atoms with Gasteiger partial charge in [0, 0.05) is 0 Å². The van der Waals surface area contributed by atoms with E-state index in [1.807, 2.05) is 26.0 Å². The number of unbranched alkanes of at least 4 members (excludes halogenated alkanes) is 3. The van der Waals surface area contributed by atoms with E-state index in [0.29, 0.717) is 38.5 Å². The predicted octanol–water partition coefficient (Wildman–Crippen LogP) is 6.48. The van der Waals surface area contributed by atoms with Crippen LogP contribution in [0.15, 0.2) is 36.0 Å². The maximum absolute atomic E-state index is 13.3. The molecule has 1 aliphatic heterocycles. The zero-order valence-electron chi connectivity index (χ0n) is 25.8. The van der Waals surface area contributed by atoms with Gasteiger partial charge in [0.2, 0.25) is 0 Å². The van der Waals surface area contributed by atoms with Crippen molar-refractivity contribution < 1.29 is 33.7 Å². The Bertz CT molecular complexity index is 885. The van der Waals surface area contributed by atoms with E-state index in [2.05, 4.69) is 32.1 Å². The third kappa shape index (κ3) is 16.3. The van der Waals surface area contributed by atoms with E-state index in [1.165, 1.54) is 12.8 Å². The number of carbonyl (C=O) groups excluding carboxylic acids is 3. The number of ether oxygens (including phenoxy) is 3. The molecule has 1 heterocycles. The van der Waals surface area contributed by atoms with Crippen LogP contribution in [-0.2, 0) is 19.0 Å². The highest BCUT2D eigenvalue weighted by molar-refractivity contribution is 5.74. The molecule has 2 amide bonds. The number of hydrogen-bond donors (Lipinski definition) is 3. The van der Waals surface area contributed by atoms with Crippen molar-refractivity contribution >= 4 is 18.2 Å². The Labute approximate surface area is 246 Å². The van der Waals surface area contributed by atoms with Gasteiger partial charge in [0.05, 0.1) is 12.0 Å². The second-order valence-electron chi connectivity index (χ2n) is 11.6. The standard InChI is InChI=1S/C32H54N2O7/c1-6-7-8-9-11-14-22(2)19-26-20-23(3)15-12-10-13-16-27(35)28(40-31(33)37)18-17-24(4)21-29(41-32(34)38)25(5)30(36)39-26/h10-12,14,19,23-29,35H,6-9,13,15-18,20-21H2,1-5H3,(H2,33,37)(H2,34,38)/b12-10+,14-11+,22-19+/t23-,24+,25-,26-,27+,28+,29-/m1/s1. The Hall–Kier alpha value is -2.81. The number of cyclic esters (lactones) is 1. The molecule has 7 atom stereocenters. The molecule has 9 heteroatoms. The molecule has 5 N–H and O–H groups in total. The molecule has 0 aliphatic carbocycles. The summed E-state index contributed by atoms with van der Waals surface area (Å²) in [5.41, 5.74) is 11.6. The number of aliphatic hydroxyl groups excluding tert-OH is 1. The first-order valence-corrected chi connectivity index (χ1v) is 15.2. The van der Waals surface area contributed by atoms with E-state index in [4.69, 9.17) is 25.7 Å². The van der Waals surface area contributed by atoms with Crippen LogP contribution in [0.4, 0.5) is 9.59 Å². The quantitative estimate of drug-likeness (QED) is 0.0980. The Morgan fingerprint density at radius 3 is 2.34 bits per heavy atom. The van der Waals surface area contributed by atoms with E-state index < -0.39 is 48.5 Å². The molecule has 0 unspecified atom stereocenters. The number of nitrogens with two attached hydrogens (primary N) is 2. The molecule has 0 spiro atoms. The van der Waals surface area contributed by atoms with Gasteiger partial charge in [-0.05, 0) is 89.5 Å². The molecule has 1 aliphatic rings. The molecule has 0 aromatic rings. The lowest BCUT2D eigenvalue weighted by molar-refractivity contribution is -0.156. The smallest absolute Gasteiger partial charge is 0.404 e. The number of allylic oxidation sites excluding steroid dienone is 5. The zero-order valence-corrected chi connectivity index (χ0v) is 25.8. The summed E-state index contributed by atoms with van der Waals surface area (Å²) in [7, 11) is 0. The van der Waals surface area contributed by atoms with Crippen LogP contribution in [0.3, 0.4) is 0 Å². The number of aliphatic hydroxyl groups is 1. The maximum atomic E-state index is 13.3. The molecule has 0 saturated carbocycles. The first-order valence-electron chi connectivity index (χ1n) is 15.2. The highest BCUT2D eigenvalue weighted by atomic mass is 16.6. The maximum Gasteiger partial charge on any atom is 0.404 e. The first kappa shape index (κ1) is 36.2. The van der Waals surface area contributed by atoms with Gasteiger partial charge in [0.15, 0.2) is 0 Å². The highest BCUT2D eigenvalue weighted by Gasteiger charge is 2.32. The van der Waals surface area contributed by atoms with Crippen LogP contribution >= 0.6 is 0 Å². The molecule has 0 aromatic heterocycles. The van der Waals surface area contributed by atoms with Gasteiger partial charge < -0.3 is 30.8 Å². The summed E-state index contributed by atoms with van der Waals surface area (Å²) in [6.07, 6.45) is 13.8. The van der Waals surface area contributed by atoms with Crippen LogP contribution in [-0.4, -0.2) is 47.7 Å². The van der Waals surface area contributed by atoms with Crippen LogP contribution in [0.25, 0.3) is 0 Å². The number of rotatable bonds is 8. The number of amides is 2. The Morgan fingerprint density at radius 1 is 1.00 bits per heavy atom. The fourth-order valence-electron chi connectivity index (χ4n) is 5.03. The van der Waals surface area contributed by atoms with E-state index in [-0.39, 0.29) is 11.8 Å². The average molecular weight is 579 g/mol. The fraction of sp³-hybridized carbons (Fsp3) is 0.719. The van der Waals surface area contributed by atoms with Gasteiger partial charge in [-0.2, -0.15) is 0 Å². The van der Waals surface area contributed by atoms with Crippen molar-refractivity contribution in [3.63, 3.8) is 0 Å². The molecule has 0 radical (unpaired) electrons. The van der Waals surface area contributed by atoms with E-state index >= 15 is 0 Å². The normalized spacial score (nSPS) is 30.5. The summed E-state index contributed by atoms with van der Waals surface area (Å²) < 4.78 is 16.6. The summed E-state index contributed by atoms with van der Waals surface area (Å²) in [6.45, 7) is 9.90. The van der Waals surface area contributed by atoms with Gasteiger partial charge >= 0.3 is 18.2 Å². The van der Waals surface area contributed by atoms with Crippen LogP contribution in [0, 0.1) is 17.8 Å². The molecular weight excluding hydrogens is 524 g/mol. The lowest BCUT2D eigenvalue weighted by Gasteiger charge is -2.28. The lowest BCUT2D eigenvalue weighted by atomic mass is 9.90. The summed E-state index contributed by atoms with van der Waals surface area (Å²) in [6, 6.07) is 0. The number of esters is 1. The molecule has 234 valence electrons. The van der Waals surface area contributed by atoms with Crippen molar-refractivity contribution in [3.05, 3.63) is 36.0 Å². The zero-order chi connectivity index (χ0) is 30.8. The first-order chi connectivity index (χ1) is 19.4. The molecule has 0 bridgehead atoms. The van der Waals surface area contributed by atoms with Crippen LogP contribution in [0.5, 0.6) is 0 Å². The van der Waals surface area contributed by atoms with E-state index in [0.717, 1.165) is 24.8 Å². The fourth-order valence-corrected chi connectivity index (χ4v) is 5.03. The molecule has 9 nitrogen and oxygen atoms in total. The Kier molecular flexibility index (Phi) is 17.8. The third-order valence-corrected chi connectivity index (χ3v) is 7.51.